The molecule has 2 N–H and O–H groups in total. The summed E-state index contributed by atoms with van der Waals surface area (Å²) in [5.41, 5.74) is 0. The first-order chi connectivity index (χ1) is 2.27. The van der Waals surface area contributed by atoms with Gasteiger partial charge in [-0.15, -0.1) is 48.0 Å². The van der Waals surface area contributed by atoms with Crippen LogP contribution in [0.2, 0.25) is 0 Å². The summed E-state index contributed by atoms with van der Waals surface area (Å²) in [5.74, 6) is 0. The first-order valence-electron chi connectivity index (χ1n) is 0.906. The predicted octanol–water partition coefficient (Wildman–Crippen LogP) is 0.558. The summed E-state index contributed by atoms with van der Waals surface area (Å²) >= 11 is 1.38. The van der Waals surface area contributed by atoms with Crippen LogP contribution in [0.3, 0.4) is 0 Å². The Hall–Kier alpha value is 2.13. The molecule has 3 nitrogen and oxygen atoms in total. The lowest BCUT2D eigenvalue weighted by Gasteiger charge is -1.81. The van der Waals surface area contributed by atoms with Crippen LogP contribution in [-0.4, -0.2) is 17.4 Å². The summed E-state index contributed by atoms with van der Waals surface area (Å²) in [6.07, 6.45) is 0. The summed E-state index contributed by atoms with van der Waals surface area (Å²) in [7, 11) is -1.63. The molecular weight excluding hydrogens is 440 g/mol. The predicted molar refractivity (Wildman–Crippen MR) is 56.1 cm³/mol. The lowest BCUT2D eigenvalue weighted by molar-refractivity contribution is 0.323. The van der Waals surface area contributed by atoms with Crippen molar-refractivity contribution in [1.29, 1.82) is 0 Å². The molecule has 0 aliphatic rings. The molecule has 0 fully saturated rings. The average molecular weight is 444 g/mol. The van der Waals surface area contributed by atoms with Crippen molar-refractivity contribution in [3.8, 4) is 0 Å². The van der Waals surface area contributed by atoms with E-state index in [-0.39, 0.29) is 48.0 Å². The number of halogens is 3. The van der Waals surface area contributed by atoms with Gasteiger partial charge in [0.25, 0.3) is 0 Å². The van der Waals surface area contributed by atoms with Crippen molar-refractivity contribution in [2.24, 2.45) is 0 Å². The van der Waals surface area contributed by atoms with Crippen LogP contribution in [0.25, 0.3) is 0 Å². The topological polar surface area (TPSA) is 49.7 Å². The Balaban J connectivity index is -0.0000000800. The molecule has 0 radical (unpaired) electrons. The third-order valence-corrected chi connectivity index (χ3v) is 0.535. The minimum atomic E-state index is -1.63. The molecule has 0 rings (SSSR count). The lowest BCUT2D eigenvalue weighted by Crippen LogP contribution is -2.09. The fourth-order valence-electron chi connectivity index (χ4n) is 0. The molecule has 0 amide bonds. The van der Waals surface area contributed by atoms with E-state index in [0.717, 1.165) is 0 Å². The summed E-state index contributed by atoms with van der Waals surface area (Å²) in [4.78, 5) is 0. The van der Waals surface area contributed by atoms with Crippen LogP contribution in [0, 0.1) is 0 Å². The monoisotopic (exact) mass is 444 g/mol. The number of hydrogen-bond donors (Lipinski definition) is 2. The molecule has 0 heterocycles. The van der Waals surface area contributed by atoms with Gasteiger partial charge in [-0.2, -0.15) is 0 Å². The Labute approximate surface area is 90.1 Å². The molecule has 0 bridgehead atoms. The molecule has 0 saturated carbocycles. The van der Waals surface area contributed by atoms with Gasteiger partial charge in [0.2, 0.25) is 0 Å². The van der Waals surface area contributed by atoms with Crippen LogP contribution in [0.1, 0.15) is 0 Å². The smallest absolute Gasteiger partial charge is 0.401 e. The van der Waals surface area contributed by atoms with Gasteiger partial charge < -0.3 is 13.0 Å². The van der Waals surface area contributed by atoms with Crippen LogP contribution in [0.15, 0.2) is 0 Å². The molecule has 0 aliphatic carbocycles. The van der Waals surface area contributed by atoms with Crippen LogP contribution >= 0.6 is 71.0 Å². The van der Waals surface area contributed by atoms with E-state index in [1.54, 1.807) is 0 Å². The Morgan fingerprint density at radius 2 is 1.43 bits per heavy atom. The van der Waals surface area contributed by atoms with E-state index >= 15 is 0 Å². The molecule has 7 heteroatoms. The van der Waals surface area contributed by atoms with Crippen molar-refractivity contribution < 1.29 is 13.0 Å². The highest BCUT2D eigenvalue weighted by Gasteiger charge is 2.02. The normalized spacial score (nSPS) is 5.57. The van der Waals surface area contributed by atoms with Crippen molar-refractivity contribution in [2.45, 2.75) is 0 Å². The minimum Gasteiger partial charge on any atom is -0.401 e. The maximum atomic E-state index is 7.69. The SMILES string of the molecule is I.I.OB(O)OI. The van der Waals surface area contributed by atoms with E-state index in [0.29, 0.717) is 0 Å². The molecule has 0 spiro atoms. The molecule has 46 valence electrons. The highest BCUT2D eigenvalue weighted by atomic mass is 127. The van der Waals surface area contributed by atoms with E-state index in [2.05, 4.69) is 2.98 Å². The molecular formula is H4BI3O3. The number of rotatable bonds is 1. The third-order valence-electron chi connectivity index (χ3n) is 0.0797. The van der Waals surface area contributed by atoms with Gasteiger partial charge in [-0.1, -0.05) is 0 Å². The van der Waals surface area contributed by atoms with Gasteiger partial charge in [-0.25, -0.2) is 0 Å². The number of hydrogen-bond acceptors (Lipinski definition) is 3. The minimum absolute atomic E-state index is 0. The second-order valence-electron chi connectivity index (χ2n) is 0.415. The molecule has 0 aromatic heterocycles. The molecule has 0 atom stereocenters. The average Bonchev–Trinajstić information content (AvgIpc) is 1.38. The Morgan fingerprint density at radius 1 is 1.29 bits per heavy atom. The lowest BCUT2D eigenvalue weighted by atomic mass is 10.3. The summed E-state index contributed by atoms with van der Waals surface area (Å²) in [6, 6.07) is 0. The molecule has 0 saturated heterocycles. The fraction of sp³-hybridized carbons (Fsp3) is 0. The maximum absolute atomic E-state index is 7.69. The largest absolute Gasteiger partial charge is 0.643 e. The zero-order valence-electron chi connectivity index (χ0n) is 3.07. The van der Waals surface area contributed by atoms with Crippen molar-refractivity contribution in [2.75, 3.05) is 0 Å². The third kappa shape index (κ3) is 17.9. The van der Waals surface area contributed by atoms with E-state index in [4.69, 9.17) is 10.0 Å². The first kappa shape index (κ1) is 16.1. The summed E-state index contributed by atoms with van der Waals surface area (Å²) in [5, 5.41) is 15.4. The molecule has 0 unspecified atom stereocenters. The molecule has 0 aliphatic heterocycles. The Kier molecular flexibility index (Phi) is 25.2. The zero-order chi connectivity index (χ0) is 4.28. The van der Waals surface area contributed by atoms with Gasteiger partial charge in [0.1, 0.15) is 0 Å². The van der Waals surface area contributed by atoms with Gasteiger partial charge >= 0.3 is 7.32 Å². The maximum Gasteiger partial charge on any atom is 0.643 e. The van der Waals surface area contributed by atoms with E-state index < -0.39 is 7.32 Å². The van der Waals surface area contributed by atoms with E-state index in [9.17, 15) is 0 Å². The van der Waals surface area contributed by atoms with Crippen molar-refractivity contribution in [3.63, 3.8) is 0 Å². The summed E-state index contributed by atoms with van der Waals surface area (Å²) in [6.45, 7) is 0. The highest BCUT2D eigenvalue weighted by molar-refractivity contribution is 14.1. The van der Waals surface area contributed by atoms with Crippen molar-refractivity contribution >= 4 is 78.3 Å². The van der Waals surface area contributed by atoms with Gasteiger partial charge in [-0.3, -0.25) is 0 Å². The van der Waals surface area contributed by atoms with Gasteiger partial charge in [0.15, 0.2) is 0 Å². The molecule has 7 heavy (non-hydrogen) atoms. The molecule has 0 aromatic rings. The van der Waals surface area contributed by atoms with E-state index in [1.807, 2.05) is 0 Å². The Bertz CT molecular complexity index is 24.1. The summed E-state index contributed by atoms with van der Waals surface area (Å²) < 4.78 is 3.83. The van der Waals surface area contributed by atoms with Crippen LogP contribution < -0.4 is 0 Å². The first-order valence-corrected chi connectivity index (χ1v) is 1.79. The highest BCUT2D eigenvalue weighted by Crippen LogP contribution is 1.82. The standard InChI is InChI=1S/BH2IO3.2HI/c2-5-1(3)4;;/h3-4H;2*1H. The van der Waals surface area contributed by atoms with E-state index in [1.165, 1.54) is 23.0 Å². The second kappa shape index (κ2) is 11.0. The van der Waals surface area contributed by atoms with Gasteiger partial charge in [0, 0.05) is 0 Å². The zero-order valence-corrected chi connectivity index (χ0v) is 9.89. The quantitative estimate of drug-likeness (QED) is 0.460. The van der Waals surface area contributed by atoms with Crippen molar-refractivity contribution in [1.82, 2.24) is 0 Å². The van der Waals surface area contributed by atoms with Crippen molar-refractivity contribution in [3.05, 3.63) is 0 Å². The van der Waals surface area contributed by atoms with Crippen LogP contribution in [-0.2, 0) is 2.98 Å². The second-order valence-corrected chi connectivity index (χ2v) is 0.924. The van der Waals surface area contributed by atoms with Crippen LogP contribution in [0.5, 0.6) is 0 Å². The Morgan fingerprint density at radius 3 is 1.43 bits per heavy atom. The molecule has 0 aromatic carbocycles. The van der Waals surface area contributed by atoms with Gasteiger partial charge in [0.05, 0.1) is 23.0 Å². The van der Waals surface area contributed by atoms with Gasteiger partial charge in [-0.05, 0) is 0 Å². The fourth-order valence-corrected chi connectivity index (χ4v) is 0. The van der Waals surface area contributed by atoms with Crippen LogP contribution in [0.4, 0.5) is 0 Å².